The van der Waals surface area contributed by atoms with Crippen LogP contribution in [-0.4, -0.2) is 54.9 Å². The van der Waals surface area contributed by atoms with Gasteiger partial charge in [-0.3, -0.25) is 4.90 Å². The van der Waals surface area contributed by atoms with E-state index in [0.29, 0.717) is 11.9 Å². The summed E-state index contributed by atoms with van der Waals surface area (Å²) in [6.07, 6.45) is 6.40. The van der Waals surface area contributed by atoms with Crippen LogP contribution in [0.5, 0.6) is 0 Å². The van der Waals surface area contributed by atoms with Gasteiger partial charge in [0.25, 0.3) is 0 Å². The Kier molecular flexibility index (Phi) is 7.66. The first-order valence-corrected chi connectivity index (χ1v) is 6.62. The minimum absolute atomic E-state index is 0.226. The van der Waals surface area contributed by atoms with Gasteiger partial charge in [-0.05, 0) is 27.2 Å². The van der Waals surface area contributed by atoms with Crippen LogP contribution in [0.25, 0.3) is 0 Å². The molecule has 0 spiro atoms. The van der Waals surface area contributed by atoms with Gasteiger partial charge in [-0.1, -0.05) is 13.3 Å². The lowest BCUT2D eigenvalue weighted by Gasteiger charge is -2.22. The quantitative estimate of drug-likeness (QED) is 0.365. The molecule has 0 aliphatic heterocycles. The van der Waals surface area contributed by atoms with E-state index in [1.807, 2.05) is 19.0 Å². The highest BCUT2D eigenvalue weighted by atomic mass is 15.4. The SMILES string of the molecule is C#CN(C)C(=NC(=NC(C)CC)NC(C)C)N(C)C. The highest BCUT2D eigenvalue weighted by molar-refractivity contribution is 5.95. The van der Waals surface area contributed by atoms with Crippen molar-refractivity contribution in [2.45, 2.75) is 46.2 Å². The summed E-state index contributed by atoms with van der Waals surface area (Å²) in [5.41, 5.74) is 0. The molecule has 1 unspecified atom stereocenters. The largest absolute Gasteiger partial charge is 0.352 e. The summed E-state index contributed by atoms with van der Waals surface area (Å²) < 4.78 is 0. The third kappa shape index (κ3) is 6.70. The van der Waals surface area contributed by atoms with E-state index >= 15 is 0 Å². The number of rotatable bonds is 3. The number of nitrogens with one attached hydrogen (secondary N) is 1. The van der Waals surface area contributed by atoms with Crippen molar-refractivity contribution in [3.8, 4) is 12.5 Å². The fourth-order valence-corrected chi connectivity index (χ4v) is 1.28. The lowest BCUT2D eigenvalue weighted by Crippen LogP contribution is -2.39. The maximum atomic E-state index is 5.42. The van der Waals surface area contributed by atoms with Crippen LogP contribution < -0.4 is 5.32 Å². The highest BCUT2D eigenvalue weighted by Crippen LogP contribution is 1.99. The van der Waals surface area contributed by atoms with Gasteiger partial charge in [0.1, 0.15) is 0 Å². The molecule has 1 N–H and O–H groups in total. The molecule has 1 atom stereocenters. The third-order valence-electron chi connectivity index (χ3n) is 2.45. The van der Waals surface area contributed by atoms with Gasteiger partial charge >= 0.3 is 0 Å². The van der Waals surface area contributed by atoms with E-state index in [-0.39, 0.29) is 12.1 Å². The molecule has 0 aromatic carbocycles. The standard InChI is InChI=1S/C14H27N5/c1-9-12(5)16-13(15-11(3)4)17-14(18(6)7)19(8)10-2/h2,11-12H,9H2,1,3-8H3,(H,15,16). The molecular weight excluding hydrogens is 238 g/mol. The predicted molar refractivity (Wildman–Crippen MR) is 83.2 cm³/mol. The zero-order chi connectivity index (χ0) is 15.0. The maximum Gasteiger partial charge on any atom is 0.221 e. The second kappa shape index (κ2) is 8.41. The molecule has 0 amide bonds. The van der Waals surface area contributed by atoms with E-state index in [9.17, 15) is 0 Å². The molecule has 5 heteroatoms. The molecule has 0 radical (unpaired) electrons. The average molecular weight is 265 g/mol. The monoisotopic (exact) mass is 265 g/mol. The molecule has 0 aromatic heterocycles. The molecule has 0 saturated carbocycles. The van der Waals surface area contributed by atoms with Crippen LogP contribution in [0.15, 0.2) is 9.98 Å². The number of hydrogen-bond acceptors (Lipinski definition) is 1. The minimum atomic E-state index is 0.226. The Labute approximate surface area is 117 Å². The van der Waals surface area contributed by atoms with Crippen molar-refractivity contribution in [2.24, 2.45) is 9.98 Å². The third-order valence-corrected chi connectivity index (χ3v) is 2.45. The molecule has 0 bridgehead atoms. The Bertz CT molecular complexity index is 363. The van der Waals surface area contributed by atoms with Crippen molar-refractivity contribution < 1.29 is 0 Å². The molecule has 0 aliphatic rings. The van der Waals surface area contributed by atoms with E-state index < -0.39 is 0 Å². The molecular formula is C14H27N5. The van der Waals surface area contributed by atoms with Gasteiger partial charge in [-0.15, -0.1) is 0 Å². The Morgan fingerprint density at radius 2 is 1.84 bits per heavy atom. The molecule has 0 saturated heterocycles. The van der Waals surface area contributed by atoms with Gasteiger partial charge in [0, 0.05) is 33.2 Å². The number of guanidine groups is 2. The van der Waals surface area contributed by atoms with Crippen LogP contribution in [-0.2, 0) is 0 Å². The Balaban J connectivity index is 5.35. The molecule has 0 aliphatic carbocycles. The summed E-state index contributed by atoms with van der Waals surface area (Å²) in [6.45, 7) is 8.28. The fourth-order valence-electron chi connectivity index (χ4n) is 1.28. The summed E-state index contributed by atoms with van der Waals surface area (Å²) in [6, 6.07) is 3.05. The number of aliphatic imine (C=N–C) groups is 2. The molecule has 0 fully saturated rings. The average Bonchev–Trinajstić information content (AvgIpc) is 2.33. The van der Waals surface area contributed by atoms with Gasteiger partial charge < -0.3 is 10.2 Å². The van der Waals surface area contributed by atoms with Crippen molar-refractivity contribution in [1.82, 2.24) is 15.1 Å². The van der Waals surface area contributed by atoms with Crippen LogP contribution >= 0.6 is 0 Å². The first kappa shape index (κ1) is 17.3. The number of terminal acetylenes is 1. The van der Waals surface area contributed by atoms with Crippen LogP contribution in [0.1, 0.15) is 34.1 Å². The van der Waals surface area contributed by atoms with Crippen LogP contribution in [0.3, 0.4) is 0 Å². The van der Waals surface area contributed by atoms with Gasteiger partial charge in [0.05, 0.1) is 6.04 Å². The molecule has 0 aromatic rings. The van der Waals surface area contributed by atoms with Gasteiger partial charge in [-0.25, -0.2) is 4.99 Å². The first-order valence-electron chi connectivity index (χ1n) is 6.62. The Hall–Kier alpha value is -1.70. The second-order valence-corrected chi connectivity index (χ2v) is 5.00. The van der Waals surface area contributed by atoms with Crippen LogP contribution in [0, 0.1) is 12.5 Å². The summed E-state index contributed by atoms with van der Waals surface area (Å²) in [4.78, 5) is 12.6. The van der Waals surface area contributed by atoms with Crippen molar-refractivity contribution in [2.75, 3.05) is 21.1 Å². The van der Waals surface area contributed by atoms with E-state index in [2.05, 4.69) is 49.0 Å². The van der Waals surface area contributed by atoms with Crippen molar-refractivity contribution >= 4 is 11.9 Å². The lowest BCUT2D eigenvalue weighted by molar-refractivity contribution is 0.523. The smallest absolute Gasteiger partial charge is 0.221 e. The number of hydrogen-bond donors (Lipinski definition) is 1. The lowest BCUT2D eigenvalue weighted by atomic mass is 10.3. The molecule has 0 rings (SSSR count). The zero-order valence-corrected chi connectivity index (χ0v) is 13.2. The molecule has 19 heavy (non-hydrogen) atoms. The van der Waals surface area contributed by atoms with Crippen LogP contribution in [0.2, 0.25) is 0 Å². The maximum absolute atomic E-state index is 5.42. The van der Waals surface area contributed by atoms with Crippen molar-refractivity contribution in [3.63, 3.8) is 0 Å². The molecule has 108 valence electrons. The summed E-state index contributed by atoms with van der Waals surface area (Å²) in [7, 11) is 5.61. The van der Waals surface area contributed by atoms with E-state index in [0.717, 1.165) is 6.42 Å². The Morgan fingerprint density at radius 1 is 1.26 bits per heavy atom. The zero-order valence-electron chi connectivity index (χ0n) is 13.2. The van der Waals surface area contributed by atoms with Crippen LogP contribution in [0.4, 0.5) is 0 Å². The normalized spacial score (nSPS) is 14.1. The highest BCUT2D eigenvalue weighted by Gasteiger charge is 2.10. The summed E-state index contributed by atoms with van der Waals surface area (Å²) in [5, 5.41) is 3.25. The summed E-state index contributed by atoms with van der Waals surface area (Å²) in [5.74, 6) is 1.30. The molecule has 0 heterocycles. The number of nitrogens with zero attached hydrogens (tertiary/aromatic N) is 4. The topological polar surface area (TPSA) is 43.2 Å². The summed E-state index contributed by atoms with van der Waals surface area (Å²) >= 11 is 0. The van der Waals surface area contributed by atoms with Crippen molar-refractivity contribution in [3.05, 3.63) is 0 Å². The minimum Gasteiger partial charge on any atom is -0.352 e. The fraction of sp³-hybridized carbons (Fsp3) is 0.714. The predicted octanol–water partition coefficient (Wildman–Crippen LogP) is 1.58. The molecule has 5 nitrogen and oxygen atoms in total. The Morgan fingerprint density at radius 3 is 2.21 bits per heavy atom. The van der Waals surface area contributed by atoms with Gasteiger partial charge in [-0.2, -0.15) is 4.99 Å². The van der Waals surface area contributed by atoms with Crippen molar-refractivity contribution in [1.29, 1.82) is 0 Å². The van der Waals surface area contributed by atoms with E-state index in [4.69, 9.17) is 6.42 Å². The second-order valence-electron chi connectivity index (χ2n) is 5.00. The van der Waals surface area contributed by atoms with Gasteiger partial charge in [0.2, 0.25) is 11.9 Å². The van der Waals surface area contributed by atoms with Gasteiger partial charge in [0.15, 0.2) is 0 Å². The van der Waals surface area contributed by atoms with E-state index in [1.165, 1.54) is 0 Å². The first-order chi connectivity index (χ1) is 8.81. The van der Waals surface area contributed by atoms with E-state index in [1.54, 1.807) is 11.9 Å².